The van der Waals surface area contributed by atoms with Crippen LogP contribution in [0.4, 0.5) is 0 Å². The third-order valence-electron chi connectivity index (χ3n) is 3.98. The molecule has 1 aliphatic rings. The second-order valence-corrected chi connectivity index (χ2v) is 8.78. The van der Waals surface area contributed by atoms with Gasteiger partial charge in [-0.15, -0.1) is 11.3 Å². The zero-order chi connectivity index (χ0) is 17.0. The predicted octanol–water partition coefficient (Wildman–Crippen LogP) is 2.32. The van der Waals surface area contributed by atoms with E-state index in [0.717, 1.165) is 23.4 Å². The summed E-state index contributed by atoms with van der Waals surface area (Å²) >= 11 is 5.24. The number of carbonyl (C=O) groups excluding carboxylic acids is 2. The van der Waals surface area contributed by atoms with Gasteiger partial charge in [0.15, 0.2) is 0 Å². The summed E-state index contributed by atoms with van der Waals surface area (Å²) in [5.74, 6) is -0.0272. The van der Waals surface area contributed by atoms with Gasteiger partial charge in [-0.2, -0.15) is 0 Å². The van der Waals surface area contributed by atoms with Crippen molar-refractivity contribution < 1.29 is 9.59 Å². The number of hydrogen-bond acceptors (Lipinski definition) is 4. The lowest BCUT2D eigenvalue weighted by atomic mass is 10.0. The molecule has 7 heteroatoms. The Morgan fingerprint density at radius 2 is 1.91 bits per heavy atom. The lowest BCUT2D eigenvalue weighted by Gasteiger charge is -2.37. The second kappa shape index (κ2) is 8.26. The molecule has 1 aromatic rings. The molecule has 1 fully saturated rings. The van der Waals surface area contributed by atoms with Crippen LogP contribution in [0.1, 0.15) is 25.6 Å². The molecule has 0 unspecified atom stereocenters. The molecule has 0 spiro atoms. The highest BCUT2D eigenvalue weighted by atomic mass is 79.9. The number of halogens is 1. The van der Waals surface area contributed by atoms with Crippen molar-refractivity contribution in [2.45, 2.75) is 33.4 Å². The molecule has 1 aliphatic heterocycles. The van der Waals surface area contributed by atoms with Gasteiger partial charge < -0.3 is 10.2 Å². The summed E-state index contributed by atoms with van der Waals surface area (Å²) in [5, 5.41) is 2.78. The van der Waals surface area contributed by atoms with Crippen LogP contribution in [-0.4, -0.2) is 53.8 Å². The first-order chi connectivity index (χ1) is 10.9. The number of hydrogen-bond donors (Lipinski definition) is 1. The Hall–Kier alpha value is -0.920. The van der Waals surface area contributed by atoms with Crippen LogP contribution < -0.4 is 5.32 Å². The van der Waals surface area contributed by atoms with Crippen molar-refractivity contribution in [3.8, 4) is 0 Å². The molecule has 128 valence electrons. The number of piperazine rings is 1. The highest BCUT2D eigenvalue weighted by Gasteiger charge is 2.30. The highest BCUT2D eigenvalue weighted by Crippen LogP contribution is 2.23. The van der Waals surface area contributed by atoms with Gasteiger partial charge >= 0.3 is 0 Å². The first kappa shape index (κ1) is 18.4. The molecule has 5 nitrogen and oxygen atoms in total. The van der Waals surface area contributed by atoms with Crippen molar-refractivity contribution in [3.63, 3.8) is 0 Å². The van der Waals surface area contributed by atoms with E-state index in [9.17, 15) is 9.59 Å². The minimum Gasteiger partial charge on any atom is -0.344 e. The van der Waals surface area contributed by atoms with E-state index in [0.29, 0.717) is 13.1 Å². The van der Waals surface area contributed by atoms with E-state index < -0.39 is 6.04 Å². The van der Waals surface area contributed by atoms with E-state index in [-0.39, 0.29) is 17.7 Å². The molecule has 0 aliphatic carbocycles. The standard InChI is InChI=1S/C16H24BrN3O2S/c1-11(2)15(18-12(3)21)16(22)20-8-6-19(7-9-20)10-13-4-5-14(17)23-13/h4-5,11,15H,6-10H2,1-3H3,(H,18,21)/t15-/m0/s1. The van der Waals surface area contributed by atoms with E-state index in [1.54, 1.807) is 11.3 Å². The monoisotopic (exact) mass is 401 g/mol. The number of carbonyl (C=O) groups is 2. The molecule has 0 aromatic carbocycles. The minimum atomic E-state index is -0.424. The fourth-order valence-electron chi connectivity index (χ4n) is 2.71. The van der Waals surface area contributed by atoms with Crippen LogP contribution in [0.2, 0.25) is 0 Å². The largest absolute Gasteiger partial charge is 0.344 e. The van der Waals surface area contributed by atoms with Gasteiger partial charge in [0.1, 0.15) is 6.04 Å². The third-order valence-corrected chi connectivity index (χ3v) is 5.59. The van der Waals surface area contributed by atoms with Gasteiger partial charge in [0, 0.05) is 44.5 Å². The maximum absolute atomic E-state index is 12.6. The first-order valence-electron chi connectivity index (χ1n) is 7.89. The number of rotatable bonds is 5. The molecule has 1 atom stereocenters. The van der Waals surface area contributed by atoms with Crippen LogP contribution in [0.15, 0.2) is 15.9 Å². The van der Waals surface area contributed by atoms with Gasteiger partial charge in [-0.25, -0.2) is 0 Å². The summed E-state index contributed by atoms with van der Waals surface area (Å²) in [6.45, 7) is 9.48. The Kier molecular flexibility index (Phi) is 6.61. The fraction of sp³-hybridized carbons (Fsp3) is 0.625. The molecule has 1 N–H and O–H groups in total. The summed E-state index contributed by atoms with van der Waals surface area (Å²) in [7, 11) is 0. The van der Waals surface area contributed by atoms with Crippen molar-refractivity contribution in [2.24, 2.45) is 5.92 Å². The summed E-state index contributed by atoms with van der Waals surface area (Å²) in [6.07, 6.45) is 0. The highest BCUT2D eigenvalue weighted by molar-refractivity contribution is 9.11. The average Bonchev–Trinajstić information content (AvgIpc) is 2.89. The van der Waals surface area contributed by atoms with E-state index in [2.05, 4.69) is 38.3 Å². The van der Waals surface area contributed by atoms with Crippen molar-refractivity contribution >= 4 is 39.1 Å². The Morgan fingerprint density at radius 1 is 1.26 bits per heavy atom. The third kappa shape index (κ3) is 5.29. The Morgan fingerprint density at radius 3 is 2.39 bits per heavy atom. The fourth-order valence-corrected chi connectivity index (χ4v) is 4.24. The zero-order valence-electron chi connectivity index (χ0n) is 13.8. The molecule has 0 bridgehead atoms. The van der Waals surface area contributed by atoms with Crippen molar-refractivity contribution in [1.82, 2.24) is 15.1 Å². The normalized spacial score (nSPS) is 17.3. The van der Waals surface area contributed by atoms with Crippen LogP contribution in [0, 0.1) is 5.92 Å². The molecular formula is C16H24BrN3O2S. The molecule has 1 aromatic heterocycles. The van der Waals surface area contributed by atoms with Gasteiger partial charge in [-0.3, -0.25) is 14.5 Å². The number of nitrogens with one attached hydrogen (secondary N) is 1. The van der Waals surface area contributed by atoms with E-state index in [4.69, 9.17) is 0 Å². The number of thiophene rings is 1. The van der Waals surface area contributed by atoms with Gasteiger partial charge in [0.2, 0.25) is 11.8 Å². The predicted molar refractivity (Wildman–Crippen MR) is 96.3 cm³/mol. The maximum Gasteiger partial charge on any atom is 0.245 e. The van der Waals surface area contributed by atoms with Crippen LogP contribution in [0.3, 0.4) is 0 Å². The summed E-state index contributed by atoms with van der Waals surface area (Å²) in [4.78, 5) is 29.5. The SMILES string of the molecule is CC(=O)N[C@H](C(=O)N1CCN(Cc2ccc(Br)s2)CC1)C(C)C. The number of nitrogens with zero attached hydrogens (tertiary/aromatic N) is 2. The van der Waals surface area contributed by atoms with E-state index in [1.807, 2.05) is 18.7 Å². The van der Waals surface area contributed by atoms with Crippen molar-refractivity contribution in [2.75, 3.05) is 26.2 Å². The van der Waals surface area contributed by atoms with Crippen molar-refractivity contribution in [1.29, 1.82) is 0 Å². The summed E-state index contributed by atoms with van der Waals surface area (Å²) in [5.41, 5.74) is 0. The van der Waals surface area contributed by atoms with Crippen LogP contribution in [-0.2, 0) is 16.1 Å². The van der Waals surface area contributed by atoms with Gasteiger partial charge in [-0.1, -0.05) is 13.8 Å². The smallest absolute Gasteiger partial charge is 0.245 e. The Labute approximate surface area is 150 Å². The van der Waals surface area contributed by atoms with Crippen LogP contribution in [0.25, 0.3) is 0 Å². The molecule has 0 saturated carbocycles. The molecular weight excluding hydrogens is 378 g/mol. The van der Waals surface area contributed by atoms with Crippen LogP contribution in [0.5, 0.6) is 0 Å². The van der Waals surface area contributed by atoms with Gasteiger partial charge in [-0.05, 0) is 34.0 Å². The molecule has 23 heavy (non-hydrogen) atoms. The van der Waals surface area contributed by atoms with E-state index >= 15 is 0 Å². The maximum atomic E-state index is 12.6. The van der Waals surface area contributed by atoms with Crippen molar-refractivity contribution in [3.05, 3.63) is 20.8 Å². The summed E-state index contributed by atoms with van der Waals surface area (Å²) in [6, 6.07) is 3.78. The number of amides is 2. The van der Waals surface area contributed by atoms with E-state index in [1.165, 1.54) is 11.8 Å². The molecule has 1 saturated heterocycles. The Balaban J connectivity index is 1.87. The lowest BCUT2D eigenvalue weighted by Crippen LogP contribution is -2.56. The second-order valence-electron chi connectivity index (χ2n) is 6.23. The Bertz CT molecular complexity index is 553. The topological polar surface area (TPSA) is 52.7 Å². The molecule has 0 radical (unpaired) electrons. The first-order valence-corrected chi connectivity index (χ1v) is 9.50. The molecule has 2 rings (SSSR count). The summed E-state index contributed by atoms with van der Waals surface area (Å²) < 4.78 is 1.15. The zero-order valence-corrected chi connectivity index (χ0v) is 16.2. The molecule has 2 heterocycles. The lowest BCUT2D eigenvalue weighted by molar-refractivity contribution is -0.138. The van der Waals surface area contributed by atoms with Crippen LogP contribution >= 0.6 is 27.3 Å². The minimum absolute atomic E-state index is 0.0359. The average molecular weight is 402 g/mol. The van der Waals surface area contributed by atoms with Gasteiger partial charge in [0.25, 0.3) is 0 Å². The van der Waals surface area contributed by atoms with Gasteiger partial charge in [0.05, 0.1) is 3.79 Å². The quantitative estimate of drug-likeness (QED) is 0.823. The molecule has 2 amide bonds.